The minimum absolute atomic E-state index is 0.0758. The Bertz CT molecular complexity index is 827. The molecule has 1 fully saturated rings. The average molecular weight is 397 g/mol. The van der Waals surface area contributed by atoms with Crippen LogP contribution in [-0.4, -0.2) is 30.3 Å². The minimum Gasteiger partial charge on any atom is -0.489 e. The van der Waals surface area contributed by atoms with Gasteiger partial charge in [-0.1, -0.05) is 42.5 Å². The Morgan fingerprint density at radius 3 is 2.38 bits per heavy atom. The monoisotopic (exact) mass is 397 g/mol. The fraction of sp³-hybridized carbons (Fsp3) is 0.391. The third kappa shape index (κ3) is 6.06. The molecule has 29 heavy (non-hydrogen) atoms. The quantitative estimate of drug-likeness (QED) is 0.602. The summed E-state index contributed by atoms with van der Waals surface area (Å²) >= 11 is 0. The number of rotatable bonds is 5. The topological polar surface area (TPSA) is 73.9 Å². The second-order valence-electron chi connectivity index (χ2n) is 8.06. The maximum atomic E-state index is 12.4. The Labute approximate surface area is 171 Å². The number of hydrogen-bond donors (Lipinski definition) is 1. The van der Waals surface area contributed by atoms with Gasteiger partial charge in [0.15, 0.2) is 0 Å². The molecule has 0 aromatic heterocycles. The van der Waals surface area contributed by atoms with Crippen molar-refractivity contribution in [1.82, 2.24) is 5.32 Å². The number of esters is 1. The van der Waals surface area contributed by atoms with Crippen LogP contribution in [0.1, 0.15) is 44.2 Å². The van der Waals surface area contributed by atoms with Gasteiger partial charge in [-0.2, -0.15) is 0 Å². The van der Waals surface area contributed by atoms with Gasteiger partial charge in [-0.25, -0.2) is 9.59 Å². The van der Waals surface area contributed by atoms with E-state index in [-0.39, 0.29) is 5.92 Å². The van der Waals surface area contributed by atoms with Crippen LogP contribution in [0.4, 0.5) is 4.79 Å². The zero-order valence-electron chi connectivity index (χ0n) is 17.0. The molecule has 2 aromatic carbocycles. The number of benzene rings is 2. The van der Waals surface area contributed by atoms with Crippen molar-refractivity contribution in [2.45, 2.75) is 51.4 Å². The molecule has 1 heterocycles. The highest BCUT2D eigenvalue weighted by Gasteiger charge is 2.36. The first kappa shape index (κ1) is 20.9. The van der Waals surface area contributed by atoms with Gasteiger partial charge >= 0.3 is 12.1 Å². The fourth-order valence-corrected chi connectivity index (χ4v) is 3.28. The Kier molecular flexibility index (Phi) is 6.54. The van der Waals surface area contributed by atoms with Crippen LogP contribution in [0.2, 0.25) is 0 Å². The zero-order valence-corrected chi connectivity index (χ0v) is 17.0. The summed E-state index contributed by atoms with van der Waals surface area (Å²) in [4.78, 5) is 24.2. The van der Waals surface area contributed by atoms with Crippen molar-refractivity contribution in [3.63, 3.8) is 0 Å². The highest BCUT2D eigenvalue weighted by atomic mass is 16.7. The van der Waals surface area contributed by atoms with Gasteiger partial charge in [0.2, 0.25) is 0 Å². The van der Waals surface area contributed by atoms with Crippen molar-refractivity contribution in [3.8, 4) is 5.75 Å². The van der Waals surface area contributed by atoms with Crippen LogP contribution in [0, 0.1) is 0 Å². The number of ether oxygens (including phenoxy) is 3. The zero-order chi connectivity index (χ0) is 20.9. The van der Waals surface area contributed by atoms with Crippen molar-refractivity contribution < 1.29 is 23.8 Å². The Balaban J connectivity index is 1.58. The molecule has 0 bridgehead atoms. The Hall–Kier alpha value is -2.86. The maximum Gasteiger partial charge on any atom is 0.516 e. The molecule has 2 atom stereocenters. The summed E-state index contributed by atoms with van der Waals surface area (Å²) in [7, 11) is 0. The standard InChI is InChI=1S/C23H27NO5/c1-23(2,3)29-22(26)28-21(25)20-19(13-14-24-20)17-9-11-18(12-10-17)27-15-16-7-5-4-6-8-16/h4-12,19-20,24H,13-15H2,1-3H3/t19-,20+/m0/s1. The first-order valence-corrected chi connectivity index (χ1v) is 9.76. The lowest BCUT2D eigenvalue weighted by atomic mass is 9.92. The van der Waals surface area contributed by atoms with E-state index < -0.39 is 23.8 Å². The average Bonchev–Trinajstić information content (AvgIpc) is 3.16. The van der Waals surface area contributed by atoms with E-state index in [1.54, 1.807) is 20.8 Å². The van der Waals surface area contributed by atoms with E-state index in [0.29, 0.717) is 13.2 Å². The number of carbonyl (C=O) groups excluding carboxylic acids is 2. The summed E-state index contributed by atoms with van der Waals surface area (Å²) in [5, 5.41) is 3.12. The highest BCUT2D eigenvalue weighted by molar-refractivity contribution is 5.86. The third-order valence-electron chi connectivity index (χ3n) is 4.61. The largest absolute Gasteiger partial charge is 0.516 e. The van der Waals surface area contributed by atoms with Crippen molar-refractivity contribution >= 4 is 12.1 Å². The first-order valence-electron chi connectivity index (χ1n) is 9.76. The molecule has 1 aliphatic rings. The summed E-state index contributed by atoms with van der Waals surface area (Å²) in [6.45, 7) is 6.32. The summed E-state index contributed by atoms with van der Waals surface area (Å²) in [5.41, 5.74) is 1.38. The van der Waals surface area contributed by atoms with E-state index in [1.807, 2.05) is 54.6 Å². The van der Waals surface area contributed by atoms with Gasteiger partial charge in [0.05, 0.1) is 0 Å². The maximum absolute atomic E-state index is 12.4. The highest BCUT2D eigenvalue weighted by Crippen LogP contribution is 2.30. The Morgan fingerprint density at radius 1 is 1.03 bits per heavy atom. The van der Waals surface area contributed by atoms with E-state index in [9.17, 15) is 9.59 Å². The second kappa shape index (κ2) is 9.09. The number of nitrogens with one attached hydrogen (secondary N) is 1. The van der Waals surface area contributed by atoms with Gasteiger partial charge in [0.25, 0.3) is 0 Å². The predicted molar refractivity (Wildman–Crippen MR) is 109 cm³/mol. The number of hydrogen-bond acceptors (Lipinski definition) is 6. The van der Waals surface area contributed by atoms with Crippen molar-refractivity contribution in [2.75, 3.05) is 6.54 Å². The normalized spacial score (nSPS) is 18.9. The van der Waals surface area contributed by atoms with Gasteiger partial charge in [0, 0.05) is 5.92 Å². The lowest BCUT2D eigenvalue weighted by Crippen LogP contribution is -2.38. The molecule has 154 valence electrons. The summed E-state index contributed by atoms with van der Waals surface area (Å²) in [5.74, 6) is 0.0655. The lowest BCUT2D eigenvalue weighted by Gasteiger charge is -2.21. The Morgan fingerprint density at radius 2 is 1.72 bits per heavy atom. The van der Waals surface area contributed by atoms with Crippen molar-refractivity contribution in [1.29, 1.82) is 0 Å². The molecule has 1 N–H and O–H groups in total. The number of carbonyl (C=O) groups is 2. The van der Waals surface area contributed by atoms with Crippen molar-refractivity contribution in [3.05, 3.63) is 65.7 Å². The summed E-state index contributed by atoms with van der Waals surface area (Å²) in [6, 6.07) is 17.1. The molecule has 0 aliphatic carbocycles. The van der Waals surface area contributed by atoms with E-state index in [4.69, 9.17) is 14.2 Å². The van der Waals surface area contributed by atoms with E-state index in [0.717, 1.165) is 23.3 Å². The van der Waals surface area contributed by atoms with Gasteiger partial charge in [-0.15, -0.1) is 0 Å². The molecule has 1 saturated heterocycles. The van der Waals surface area contributed by atoms with Crippen LogP contribution >= 0.6 is 0 Å². The predicted octanol–water partition coefficient (Wildman–Crippen LogP) is 4.19. The molecule has 0 saturated carbocycles. The summed E-state index contributed by atoms with van der Waals surface area (Å²) in [6.07, 6.45) is -0.196. The SMILES string of the molecule is CC(C)(C)OC(=O)OC(=O)[C@@H]1NCC[C@H]1c1ccc(OCc2ccccc2)cc1. The van der Waals surface area contributed by atoms with Crippen molar-refractivity contribution in [2.24, 2.45) is 0 Å². The molecule has 6 heteroatoms. The van der Waals surface area contributed by atoms with Crippen LogP contribution in [0.25, 0.3) is 0 Å². The summed E-state index contributed by atoms with van der Waals surface area (Å²) < 4.78 is 15.8. The van der Waals surface area contributed by atoms with Gasteiger partial charge in [-0.3, -0.25) is 0 Å². The van der Waals surface area contributed by atoms with Gasteiger partial charge in [-0.05, 0) is 57.0 Å². The molecule has 2 aromatic rings. The molecular formula is C23H27NO5. The molecule has 1 aliphatic heterocycles. The molecule has 3 rings (SSSR count). The molecular weight excluding hydrogens is 370 g/mol. The molecule has 6 nitrogen and oxygen atoms in total. The molecule has 0 amide bonds. The first-order chi connectivity index (χ1) is 13.8. The second-order valence-corrected chi connectivity index (χ2v) is 8.06. The minimum atomic E-state index is -0.973. The van der Waals surface area contributed by atoms with Gasteiger partial charge in [0.1, 0.15) is 24.0 Å². The van der Waals surface area contributed by atoms with Crippen LogP contribution in [0.3, 0.4) is 0 Å². The molecule has 0 spiro atoms. The van der Waals surface area contributed by atoms with Crippen LogP contribution < -0.4 is 10.1 Å². The van der Waals surface area contributed by atoms with Crippen LogP contribution in [0.5, 0.6) is 5.75 Å². The lowest BCUT2D eigenvalue weighted by molar-refractivity contribution is -0.143. The van der Waals surface area contributed by atoms with Gasteiger partial charge < -0.3 is 19.5 Å². The third-order valence-corrected chi connectivity index (χ3v) is 4.61. The van der Waals surface area contributed by atoms with E-state index in [2.05, 4.69) is 5.32 Å². The molecule has 0 radical (unpaired) electrons. The fourth-order valence-electron chi connectivity index (χ4n) is 3.28. The van der Waals surface area contributed by atoms with Crippen LogP contribution in [0.15, 0.2) is 54.6 Å². The van der Waals surface area contributed by atoms with Crippen LogP contribution in [-0.2, 0) is 20.9 Å². The smallest absolute Gasteiger partial charge is 0.489 e. The van der Waals surface area contributed by atoms with E-state index >= 15 is 0 Å². The van der Waals surface area contributed by atoms with E-state index in [1.165, 1.54) is 0 Å². The molecule has 0 unspecified atom stereocenters.